The van der Waals surface area contributed by atoms with Crippen LogP contribution in [0.2, 0.25) is 0 Å². The minimum atomic E-state index is -0.354. The Balaban J connectivity index is 0.000000198. The molecule has 13 nitrogen and oxygen atoms in total. The Morgan fingerprint density at radius 1 is 0.608 bits per heavy atom. The summed E-state index contributed by atoms with van der Waals surface area (Å²) in [5, 5.41) is 19.7. The highest BCUT2D eigenvalue weighted by molar-refractivity contribution is 5.80. The molecular weight excluding hydrogens is 652 g/mol. The van der Waals surface area contributed by atoms with Gasteiger partial charge in [0.25, 0.3) is 0 Å². The zero-order chi connectivity index (χ0) is 35.8. The van der Waals surface area contributed by atoms with E-state index in [1.165, 1.54) is 12.4 Å². The van der Waals surface area contributed by atoms with Crippen molar-refractivity contribution >= 4 is 18.1 Å². The molecule has 0 spiro atoms. The van der Waals surface area contributed by atoms with E-state index >= 15 is 0 Å². The van der Waals surface area contributed by atoms with Gasteiger partial charge in [-0.25, -0.2) is 24.0 Å². The minimum absolute atomic E-state index is 0.196. The maximum absolute atomic E-state index is 12.3. The van der Waals surface area contributed by atoms with Gasteiger partial charge in [0.15, 0.2) is 0 Å². The molecule has 51 heavy (non-hydrogen) atoms. The number of benzene rings is 2. The number of carbonyl (C=O) groups is 3. The molecule has 6 rings (SSSR count). The zero-order valence-electron chi connectivity index (χ0n) is 28.4. The quantitative estimate of drug-likeness (QED) is 0.262. The average Bonchev–Trinajstić information content (AvgIpc) is 3.18. The average molecular weight is 697 g/mol. The fraction of sp³-hybridized carbons (Fsp3) is 0.342. The van der Waals surface area contributed by atoms with Crippen LogP contribution < -0.4 is 10.7 Å². The van der Waals surface area contributed by atoms with Crippen LogP contribution in [0.5, 0.6) is 0 Å². The Morgan fingerprint density at radius 3 is 1.51 bits per heavy atom. The summed E-state index contributed by atoms with van der Waals surface area (Å²) in [7, 11) is 0. The lowest BCUT2D eigenvalue weighted by Crippen LogP contribution is -2.40. The largest absolute Gasteiger partial charge is 0.445 e. The lowest BCUT2D eigenvalue weighted by Gasteiger charge is -2.30. The van der Waals surface area contributed by atoms with Crippen molar-refractivity contribution in [3.63, 3.8) is 0 Å². The molecule has 268 valence electrons. The third kappa shape index (κ3) is 11.9. The monoisotopic (exact) mass is 696 g/mol. The number of aromatic nitrogens is 2. The fourth-order valence-electron chi connectivity index (χ4n) is 5.68. The molecule has 4 heterocycles. The third-order valence-electron chi connectivity index (χ3n) is 8.75. The van der Waals surface area contributed by atoms with Gasteiger partial charge in [0.1, 0.15) is 13.2 Å². The van der Waals surface area contributed by atoms with E-state index < -0.39 is 0 Å². The van der Waals surface area contributed by atoms with Gasteiger partial charge in [0.2, 0.25) is 5.91 Å². The molecule has 2 fully saturated rings. The minimum Gasteiger partial charge on any atom is -0.445 e. The van der Waals surface area contributed by atoms with Gasteiger partial charge in [-0.05, 0) is 67.0 Å². The molecule has 2 aliphatic rings. The number of hydrogen-bond acceptors (Lipinski definition) is 8. The normalized spacial score (nSPS) is 14.8. The molecule has 0 unspecified atom stereocenters. The van der Waals surface area contributed by atoms with E-state index in [1.54, 1.807) is 46.5 Å². The number of rotatable bonds is 7. The molecule has 2 aromatic carbocycles. The molecule has 0 atom stereocenters. The number of amides is 3. The van der Waals surface area contributed by atoms with Crippen LogP contribution in [-0.4, -0.2) is 80.5 Å². The second kappa shape index (κ2) is 18.8. The topological polar surface area (TPSA) is 151 Å². The predicted molar refractivity (Wildman–Crippen MR) is 186 cm³/mol. The van der Waals surface area contributed by atoms with E-state index in [0.717, 1.165) is 45.3 Å². The van der Waals surface area contributed by atoms with E-state index in [4.69, 9.17) is 9.47 Å². The van der Waals surface area contributed by atoms with E-state index in [-0.39, 0.29) is 30.6 Å². The molecule has 2 aliphatic heterocycles. The van der Waals surface area contributed by atoms with Crippen LogP contribution in [0.15, 0.2) is 120 Å². The highest BCUT2D eigenvalue weighted by Gasteiger charge is 2.28. The van der Waals surface area contributed by atoms with Crippen LogP contribution in [0, 0.1) is 11.8 Å². The summed E-state index contributed by atoms with van der Waals surface area (Å²) in [6, 6.07) is 25.9. The lowest BCUT2D eigenvalue weighted by atomic mass is 9.96. The van der Waals surface area contributed by atoms with Crippen molar-refractivity contribution in [1.82, 2.24) is 19.3 Å². The van der Waals surface area contributed by atoms with E-state index in [9.17, 15) is 24.8 Å². The SMILES string of the molecule is O=C(N=c1ccn(O)cc1)C1CCN(C(=O)OCc2ccccc2)CC1.O=C(OCc1ccccc1)N1CCC(CN=c2ccn(O)cc2)CC1. The number of carbonyl (C=O) groups excluding carboxylic acids is 3. The van der Waals surface area contributed by atoms with Crippen LogP contribution in [0.4, 0.5) is 9.59 Å². The number of ether oxygens (including phenoxy) is 2. The molecule has 2 saturated heterocycles. The highest BCUT2D eigenvalue weighted by Crippen LogP contribution is 2.20. The zero-order valence-corrected chi connectivity index (χ0v) is 28.4. The third-order valence-corrected chi connectivity index (χ3v) is 8.75. The summed E-state index contributed by atoms with van der Waals surface area (Å²) in [6.07, 6.45) is 8.34. The molecule has 4 aromatic rings. The van der Waals surface area contributed by atoms with Crippen molar-refractivity contribution in [1.29, 1.82) is 0 Å². The molecule has 2 N–H and O–H groups in total. The molecule has 0 saturated carbocycles. The van der Waals surface area contributed by atoms with Crippen LogP contribution in [0.1, 0.15) is 36.8 Å². The second-order valence-electron chi connectivity index (χ2n) is 12.4. The maximum atomic E-state index is 12.3. The number of pyridine rings is 2. The van der Waals surface area contributed by atoms with Crippen molar-refractivity contribution in [2.24, 2.45) is 21.8 Å². The first-order valence-corrected chi connectivity index (χ1v) is 17.1. The summed E-state index contributed by atoms with van der Waals surface area (Å²) >= 11 is 0. The van der Waals surface area contributed by atoms with Crippen LogP contribution in [0.25, 0.3) is 0 Å². The number of likely N-dealkylation sites (tertiary alicyclic amines) is 2. The van der Waals surface area contributed by atoms with Gasteiger partial charge in [-0.3, -0.25) is 9.79 Å². The van der Waals surface area contributed by atoms with Gasteiger partial charge in [-0.1, -0.05) is 60.7 Å². The van der Waals surface area contributed by atoms with Crippen molar-refractivity contribution in [2.45, 2.75) is 38.9 Å². The molecule has 13 heteroatoms. The van der Waals surface area contributed by atoms with E-state index in [1.807, 2.05) is 60.7 Å². The molecular formula is C38H44N6O7. The van der Waals surface area contributed by atoms with E-state index in [2.05, 4.69) is 9.98 Å². The maximum Gasteiger partial charge on any atom is 0.410 e. The number of nitrogens with zero attached hydrogens (tertiary/aromatic N) is 6. The molecule has 0 bridgehead atoms. The Labute approximate surface area is 296 Å². The Kier molecular flexibility index (Phi) is 13.4. The van der Waals surface area contributed by atoms with Gasteiger partial charge in [0, 0.05) is 63.4 Å². The fourth-order valence-corrected chi connectivity index (χ4v) is 5.68. The Bertz CT molecular complexity index is 1810. The van der Waals surface area contributed by atoms with Gasteiger partial charge in [-0.15, -0.1) is 0 Å². The first kappa shape index (κ1) is 36.4. The smallest absolute Gasteiger partial charge is 0.410 e. The van der Waals surface area contributed by atoms with Crippen molar-refractivity contribution in [3.8, 4) is 0 Å². The summed E-state index contributed by atoms with van der Waals surface area (Å²) in [4.78, 5) is 48.6. The molecule has 0 radical (unpaired) electrons. The summed E-state index contributed by atoms with van der Waals surface area (Å²) in [5.41, 5.74) is 1.94. The molecule has 3 amide bonds. The number of piperidine rings is 2. The summed E-state index contributed by atoms with van der Waals surface area (Å²) in [6.45, 7) is 3.66. The van der Waals surface area contributed by atoms with Gasteiger partial charge >= 0.3 is 12.2 Å². The first-order chi connectivity index (χ1) is 24.8. The molecule has 0 aliphatic carbocycles. The van der Waals surface area contributed by atoms with Crippen LogP contribution in [-0.2, 0) is 27.5 Å². The second-order valence-corrected chi connectivity index (χ2v) is 12.4. The predicted octanol–water partition coefficient (Wildman–Crippen LogP) is 4.88. The van der Waals surface area contributed by atoms with Crippen LogP contribution >= 0.6 is 0 Å². The highest BCUT2D eigenvalue weighted by atomic mass is 16.6. The number of hydrogen-bond donors (Lipinski definition) is 2. The van der Waals surface area contributed by atoms with Gasteiger partial charge in [0.05, 0.1) is 10.7 Å². The Hall–Kier alpha value is -5.85. The lowest BCUT2D eigenvalue weighted by molar-refractivity contribution is -0.123. The first-order valence-electron chi connectivity index (χ1n) is 17.1. The summed E-state index contributed by atoms with van der Waals surface area (Å²) in [5.74, 6) is 0.0762. The van der Waals surface area contributed by atoms with Gasteiger partial charge in [-0.2, -0.15) is 0 Å². The Morgan fingerprint density at radius 2 is 1.04 bits per heavy atom. The van der Waals surface area contributed by atoms with Crippen molar-refractivity contribution in [3.05, 3.63) is 132 Å². The van der Waals surface area contributed by atoms with Crippen molar-refractivity contribution < 1.29 is 34.3 Å². The van der Waals surface area contributed by atoms with E-state index in [0.29, 0.717) is 56.9 Å². The molecule has 2 aromatic heterocycles. The van der Waals surface area contributed by atoms with Crippen LogP contribution in [0.3, 0.4) is 0 Å². The van der Waals surface area contributed by atoms with Crippen molar-refractivity contribution in [2.75, 3.05) is 32.7 Å². The standard InChI is InChI=1S/C19H21N3O4.C19H23N3O3/c23-18(20-17-8-12-22(25)13-9-17)16-6-10-21(11-7-16)19(24)26-14-15-4-2-1-3-5-15;23-19(25-15-17-4-2-1-3-5-17)21-10-6-16(7-11-21)14-20-18-8-12-22(24)13-9-18/h1-5,8-9,12-13,16,25H,6-7,10-11,14H2;1-5,8-9,12-13,16,24H,6-7,10-11,14-15H2. The summed E-state index contributed by atoms with van der Waals surface area (Å²) < 4.78 is 12.6. The van der Waals surface area contributed by atoms with Gasteiger partial charge < -0.3 is 29.7 Å².